The number of benzene rings is 4. The summed E-state index contributed by atoms with van der Waals surface area (Å²) in [4.78, 5) is 36.4. The van der Waals surface area contributed by atoms with Crippen LogP contribution >= 0.6 is 11.8 Å². The fourth-order valence-electron chi connectivity index (χ4n) is 3.90. The predicted molar refractivity (Wildman–Crippen MR) is 166 cm³/mol. The van der Waals surface area contributed by atoms with E-state index < -0.39 is 22.8 Å². The highest BCUT2D eigenvalue weighted by atomic mass is 32.2. The van der Waals surface area contributed by atoms with Crippen LogP contribution in [0.1, 0.15) is 27.0 Å². The maximum atomic E-state index is 13.1. The molecular weight excluding hydrogens is 568 g/mol. The molecule has 0 saturated carbocycles. The van der Waals surface area contributed by atoms with Gasteiger partial charge in [0.1, 0.15) is 12.6 Å². The average Bonchev–Trinajstić information content (AvgIpc) is 3.04. The topological polar surface area (TPSA) is 132 Å². The van der Waals surface area contributed by atoms with Gasteiger partial charge < -0.3 is 14.8 Å². The third-order valence-corrected chi connectivity index (χ3v) is 7.28. The van der Waals surface area contributed by atoms with Gasteiger partial charge in [-0.25, -0.2) is 5.43 Å². The molecule has 1 atom stereocenters. The van der Waals surface area contributed by atoms with Gasteiger partial charge in [0.15, 0.2) is 11.5 Å². The number of nitro benzene ring substituents is 1. The second-order valence-electron chi connectivity index (χ2n) is 9.25. The summed E-state index contributed by atoms with van der Waals surface area (Å²) in [6.07, 6.45) is 1.47. The molecule has 0 aliphatic rings. The number of thioether (sulfide) groups is 1. The SMILES string of the molecule is COc1cc(/C=N\NC(=O)[C@@H](CSCc2ccccc2)NC(=O)c2ccc([N+](=O)[O-])cc2)ccc1OCc1ccccc1. The van der Waals surface area contributed by atoms with Crippen molar-refractivity contribution in [3.05, 3.63) is 135 Å². The molecule has 0 fully saturated rings. The second kappa shape index (κ2) is 15.7. The summed E-state index contributed by atoms with van der Waals surface area (Å²) in [5.41, 5.74) is 5.33. The van der Waals surface area contributed by atoms with Crippen molar-refractivity contribution in [3.63, 3.8) is 0 Å². The number of ether oxygens (including phenoxy) is 2. The Bertz CT molecular complexity index is 1550. The van der Waals surface area contributed by atoms with Gasteiger partial charge in [-0.3, -0.25) is 19.7 Å². The summed E-state index contributed by atoms with van der Waals surface area (Å²) in [5.74, 6) is 0.946. The molecular formula is C32H30N4O6S. The Balaban J connectivity index is 1.39. The minimum absolute atomic E-state index is 0.133. The number of nitro groups is 1. The number of carbonyl (C=O) groups is 2. The van der Waals surface area contributed by atoms with Crippen molar-refractivity contribution in [2.75, 3.05) is 12.9 Å². The van der Waals surface area contributed by atoms with Gasteiger partial charge >= 0.3 is 0 Å². The zero-order valence-corrected chi connectivity index (χ0v) is 24.2. The summed E-state index contributed by atoms with van der Waals surface area (Å²) in [7, 11) is 1.54. The molecule has 2 amide bonds. The predicted octanol–water partition coefficient (Wildman–Crippen LogP) is 5.36. The first-order valence-electron chi connectivity index (χ1n) is 13.3. The van der Waals surface area contributed by atoms with E-state index in [0.717, 1.165) is 11.1 Å². The number of hydrogen-bond acceptors (Lipinski definition) is 8. The lowest BCUT2D eigenvalue weighted by atomic mass is 10.2. The van der Waals surface area contributed by atoms with Crippen LogP contribution in [0.4, 0.5) is 5.69 Å². The number of amides is 2. The molecule has 220 valence electrons. The number of rotatable bonds is 14. The summed E-state index contributed by atoms with van der Waals surface area (Å²) >= 11 is 1.48. The van der Waals surface area contributed by atoms with Gasteiger partial charge in [-0.15, -0.1) is 0 Å². The molecule has 0 spiro atoms. The first kappa shape index (κ1) is 30.8. The first-order chi connectivity index (χ1) is 20.9. The van der Waals surface area contributed by atoms with Crippen molar-refractivity contribution in [2.45, 2.75) is 18.4 Å². The Morgan fingerprint density at radius 3 is 2.26 bits per heavy atom. The van der Waals surface area contributed by atoms with Crippen molar-refractivity contribution in [2.24, 2.45) is 5.10 Å². The quantitative estimate of drug-likeness (QED) is 0.113. The number of non-ortho nitro benzene ring substituents is 1. The van der Waals surface area contributed by atoms with E-state index in [1.165, 1.54) is 42.2 Å². The van der Waals surface area contributed by atoms with E-state index in [2.05, 4.69) is 15.8 Å². The van der Waals surface area contributed by atoms with Gasteiger partial charge in [-0.05, 0) is 47.0 Å². The van der Waals surface area contributed by atoms with Gasteiger partial charge in [-0.1, -0.05) is 60.7 Å². The number of carbonyl (C=O) groups excluding carboxylic acids is 2. The molecule has 0 saturated heterocycles. The lowest BCUT2D eigenvalue weighted by Crippen LogP contribution is -2.47. The summed E-state index contributed by atoms with van der Waals surface area (Å²) in [6.45, 7) is 0.385. The van der Waals surface area contributed by atoms with E-state index in [9.17, 15) is 19.7 Å². The number of hydrogen-bond donors (Lipinski definition) is 2. The maximum Gasteiger partial charge on any atom is 0.269 e. The van der Waals surface area contributed by atoms with Crippen LogP contribution in [0.15, 0.2) is 108 Å². The summed E-state index contributed by atoms with van der Waals surface area (Å²) in [5, 5.41) is 17.7. The molecule has 0 unspecified atom stereocenters. The molecule has 4 aromatic rings. The third-order valence-electron chi connectivity index (χ3n) is 6.17. The van der Waals surface area contributed by atoms with Gasteiger partial charge in [0, 0.05) is 29.2 Å². The van der Waals surface area contributed by atoms with Crippen LogP contribution in [0, 0.1) is 10.1 Å². The largest absolute Gasteiger partial charge is 0.493 e. The fourth-order valence-corrected chi connectivity index (χ4v) is 4.91. The standard InChI is InChI=1S/C32H30N4O6S/c1-41-30-18-25(12-17-29(30)42-20-23-8-4-2-5-9-23)19-33-35-32(38)28(22-43-21-24-10-6-3-7-11-24)34-31(37)26-13-15-27(16-14-26)36(39)40/h2-19,28H,20-22H2,1H3,(H,34,37)(H,35,38)/b33-19-/t28-/m1/s1. The highest BCUT2D eigenvalue weighted by molar-refractivity contribution is 7.98. The van der Waals surface area contributed by atoms with Crippen molar-refractivity contribution in [1.82, 2.24) is 10.7 Å². The highest BCUT2D eigenvalue weighted by Crippen LogP contribution is 2.28. The van der Waals surface area contributed by atoms with Crippen molar-refractivity contribution in [3.8, 4) is 11.5 Å². The Hall–Kier alpha value is -5.16. The van der Waals surface area contributed by atoms with Crippen LogP contribution in [0.3, 0.4) is 0 Å². The lowest BCUT2D eigenvalue weighted by Gasteiger charge is -2.17. The van der Waals surface area contributed by atoms with E-state index in [-0.39, 0.29) is 17.0 Å². The minimum Gasteiger partial charge on any atom is -0.493 e. The highest BCUT2D eigenvalue weighted by Gasteiger charge is 2.22. The van der Waals surface area contributed by atoms with Gasteiger partial charge in [0.2, 0.25) is 0 Å². The second-order valence-corrected chi connectivity index (χ2v) is 10.3. The van der Waals surface area contributed by atoms with Crippen LogP contribution in [-0.4, -0.2) is 41.9 Å². The molecule has 10 nitrogen and oxygen atoms in total. The van der Waals surface area contributed by atoms with E-state index >= 15 is 0 Å². The maximum absolute atomic E-state index is 13.1. The fraction of sp³-hybridized carbons (Fsp3) is 0.156. The van der Waals surface area contributed by atoms with Crippen LogP contribution in [0.5, 0.6) is 11.5 Å². The minimum atomic E-state index is -0.920. The number of methoxy groups -OCH3 is 1. The molecule has 0 bridgehead atoms. The number of nitrogens with one attached hydrogen (secondary N) is 2. The van der Waals surface area contributed by atoms with Crippen molar-refractivity contribution < 1.29 is 24.0 Å². The van der Waals surface area contributed by atoms with E-state index in [4.69, 9.17) is 9.47 Å². The zero-order valence-electron chi connectivity index (χ0n) is 23.3. The molecule has 0 aromatic heterocycles. The molecule has 11 heteroatoms. The Kier molecular flexibility index (Phi) is 11.3. The molecule has 43 heavy (non-hydrogen) atoms. The molecule has 0 aliphatic heterocycles. The Morgan fingerprint density at radius 2 is 1.60 bits per heavy atom. The average molecular weight is 599 g/mol. The normalized spacial score (nSPS) is 11.5. The molecule has 4 rings (SSSR count). The van der Waals surface area contributed by atoms with Crippen LogP contribution in [-0.2, 0) is 17.2 Å². The van der Waals surface area contributed by atoms with Crippen molar-refractivity contribution >= 4 is 35.5 Å². The van der Waals surface area contributed by atoms with E-state index in [1.54, 1.807) is 25.3 Å². The van der Waals surface area contributed by atoms with Gasteiger partial charge in [0.25, 0.3) is 17.5 Å². The van der Waals surface area contributed by atoms with Crippen LogP contribution in [0.25, 0.3) is 0 Å². The zero-order chi connectivity index (χ0) is 30.4. The smallest absolute Gasteiger partial charge is 0.269 e. The Labute approximate surface area is 253 Å². The van der Waals surface area contributed by atoms with Crippen LogP contribution in [0.2, 0.25) is 0 Å². The number of hydrazone groups is 1. The molecule has 0 aliphatic carbocycles. The van der Waals surface area contributed by atoms with Crippen LogP contribution < -0.4 is 20.2 Å². The number of nitrogens with zero attached hydrogens (tertiary/aromatic N) is 2. The Morgan fingerprint density at radius 1 is 0.930 bits per heavy atom. The summed E-state index contributed by atoms with van der Waals surface area (Å²) in [6, 6.07) is 29.0. The third kappa shape index (κ3) is 9.44. The molecule has 4 aromatic carbocycles. The molecule has 0 radical (unpaired) electrons. The van der Waals surface area contributed by atoms with Crippen molar-refractivity contribution in [1.29, 1.82) is 0 Å². The first-order valence-corrected chi connectivity index (χ1v) is 14.4. The summed E-state index contributed by atoms with van der Waals surface area (Å²) < 4.78 is 11.4. The lowest BCUT2D eigenvalue weighted by molar-refractivity contribution is -0.384. The van der Waals surface area contributed by atoms with Gasteiger partial charge in [-0.2, -0.15) is 16.9 Å². The molecule has 0 heterocycles. The van der Waals surface area contributed by atoms with Gasteiger partial charge in [0.05, 0.1) is 18.2 Å². The van der Waals surface area contributed by atoms with E-state index in [1.807, 2.05) is 60.7 Å². The monoisotopic (exact) mass is 598 g/mol. The van der Waals surface area contributed by atoms with E-state index in [0.29, 0.717) is 29.4 Å². The molecule has 2 N–H and O–H groups in total.